The molecule has 2 amide bonds. The number of hydrogen-bond donors (Lipinski definition) is 3. The summed E-state index contributed by atoms with van der Waals surface area (Å²) < 4.78 is 1.36. The molecule has 1 aliphatic heterocycles. The minimum atomic E-state index is -0.241. The molecule has 25 heavy (non-hydrogen) atoms. The summed E-state index contributed by atoms with van der Waals surface area (Å²) in [6, 6.07) is 2.00. The molecule has 0 radical (unpaired) electrons. The Bertz CT molecular complexity index is 727. The molecule has 3 rings (SSSR count). The van der Waals surface area contributed by atoms with Gasteiger partial charge in [0.05, 0.1) is 0 Å². The highest BCUT2D eigenvalue weighted by Gasteiger charge is 2.31. The zero-order valence-electron chi connectivity index (χ0n) is 14.1. The maximum atomic E-state index is 12.3. The number of nitrogens with zero attached hydrogens (tertiary/aromatic N) is 6. The fraction of sp³-hybridized carbons (Fsp3) is 0.571. The zero-order chi connectivity index (χ0) is 17.8. The highest BCUT2D eigenvalue weighted by molar-refractivity contribution is 5.92. The van der Waals surface area contributed by atoms with Crippen LogP contribution in [0, 0.1) is 0 Å². The van der Waals surface area contributed by atoms with Crippen LogP contribution in [0.5, 0.6) is 0 Å². The van der Waals surface area contributed by atoms with Crippen LogP contribution in [0.25, 0.3) is 5.82 Å². The van der Waals surface area contributed by atoms with E-state index < -0.39 is 0 Å². The summed E-state index contributed by atoms with van der Waals surface area (Å²) in [6.07, 6.45) is 3.76. The third-order valence-electron chi connectivity index (χ3n) is 4.58. The summed E-state index contributed by atoms with van der Waals surface area (Å²) in [7, 11) is 3.63. The molecule has 3 N–H and O–H groups in total. The van der Waals surface area contributed by atoms with Crippen molar-refractivity contribution in [3.63, 3.8) is 0 Å². The van der Waals surface area contributed by atoms with E-state index in [9.17, 15) is 9.59 Å². The molecule has 1 aliphatic rings. The molecular weight excluding hydrogens is 326 g/mol. The monoisotopic (exact) mass is 347 g/mol. The molecule has 0 unspecified atom stereocenters. The van der Waals surface area contributed by atoms with Gasteiger partial charge in [-0.15, -0.1) is 5.10 Å². The average Bonchev–Trinajstić information content (AvgIpc) is 3.35. The number of rotatable bonds is 6. The van der Waals surface area contributed by atoms with Crippen LogP contribution in [0.1, 0.15) is 29.8 Å². The number of nitrogens with one attached hydrogen (secondary N) is 3. The number of likely N-dealkylation sites (N-methyl/N-ethyl adjacent to an activating group) is 1. The van der Waals surface area contributed by atoms with Gasteiger partial charge >= 0.3 is 0 Å². The van der Waals surface area contributed by atoms with Crippen molar-refractivity contribution in [1.29, 1.82) is 0 Å². The third kappa shape index (κ3) is 3.82. The fourth-order valence-electron chi connectivity index (χ4n) is 3.02. The van der Waals surface area contributed by atoms with Gasteiger partial charge in [-0.3, -0.25) is 19.6 Å². The third-order valence-corrected chi connectivity index (χ3v) is 4.58. The molecule has 2 aromatic heterocycles. The quantitative estimate of drug-likeness (QED) is 0.592. The van der Waals surface area contributed by atoms with Crippen molar-refractivity contribution in [3.05, 3.63) is 18.1 Å². The molecule has 2 atom stereocenters. The topological polar surface area (TPSA) is 134 Å². The zero-order valence-corrected chi connectivity index (χ0v) is 14.1. The SMILES string of the molecule is CNC(=O)C[C@H]1CC[C@@H](CNC(=O)c2cc(-n3cnnn3)n[nH]2)N1C. The van der Waals surface area contributed by atoms with Crippen molar-refractivity contribution in [1.82, 2.24) is 45.9 Å². The molecular formula is C14H21N9O2. The smallest absolute Gasteiger partial charge is 0.269 e. The van der Waals surface area contributed by atoms with Gasteiger partial charge in [0.1, 0.15) is 12.0 Å². The first kappa shape index (κ1) is 17.0. The summed E-state index contributed by atoms with van der Waals surface area (Å²) in [5.74, 6) is 0.239. The number of hydrogen-bond acceptors (Lipinski definition) is 7. The lowest BCUT2D eigenvalue weighted by Crippen LogP contribution is -2.42. The average molecular weight is 347 g/mol. The summed E-state index contributed by atoms with van der Waals surface area (Å²) in [5, 5.41) is 23.0. The molecule has 0 aliphatic carbocycles. The van der Waals surface area contributed by atoms with Gasteiger partial charge in [0.2, 0.25) is 5.91 Å². The molecule has 0 bridgehead atoms. The van der Waals surface area contributed by atoms with Gasteiger partial charge in [-0.1, -0.05) is 0 Å². The number of likely N-dealkylation sites (tertiary alicyclic amines) is 1. The van der Waals surface area contributed by atoms with E-state index in [2.05, 4.69) is 41.3 Å². The molecule has 11 heteroatoms. The molecule has 134 valence electrons. The molecule has 2 aromatic rings. The van der Waals surface area contributed by atoms with Gasteiger partial charge in [-0.05, 0) is 30.3 Å². The predicted molar refractivity (Wildman–Crippen MR) is 86.9 cm³/mol. The van der Waals surface area contributed by atoms with Crippen LogP contribution in [-0.4, -0.2) is 79.8 Å². The van der Waals surface area contributed by atoms with Crippen LogP contribution in [0.3, 0.4) is 0 Å². The lowest BCUT2D eigenvalue weighted by molar-refractivity contribution is -0.121. The van der Waals surface area contributed by atoms with Crippen molar-refractivity contribution < 1.29 is 9.59 Å². The normalized spacial score (nSPS) is 20.6. The van der Waals surface area contributed by atoms with Crippen molar-refractivity contribution in [2.75, 3.05) is 20.6 Å². The number of aromatic nitrogens is 6. The van der Waals surface area contributed by atoms with E-state index >= 15 is 0 Å². The number of H-pyrrole nitrogens is 1. The molecule has 0 aromatic carbocycles. The molecule has 1 fully saturated rings. The Morgan fingerprint density at radius 1 is 1.36 bits per heavy atom. The highest BCUT2D eigenvalue weighted by atomic mass is 16.2. The minimum absolute atomic E-state index is 0.0362. The Kier molecular flexibility index (Phi) is 5.03. The van der Waals surface area contributed by atoms with Crippen molar-refractivity contribution in [2.24, 2.45) is 0 Å². The van der Waals surface area contributed by atoms with E-state index in [1.54, 1.807) is 13.1 Å². The number of carbonyl (C=O) groups is 2. The Morgan fingerprint density at radius 2 is 2.16 bits per heavy atom. The van der Waals surface area contributed by atoms with E-state index in [0.29, 0.717) is 24.5 Å². The van der Waals surface area contributed by atoms with E-state index in [-0.39, 0.29) is 23.9 Å². The second kappa shape index (κ2) is 7.38. The van der Waals surface area contributed by atoms with Gasteiger partial charge in [0.25, 0.3) is 5.91 Å². The van der Waals surface area contributed by atoms with Crippen LogP contribution >= 0.6 is 0 Å². The maximum Gasteiger partial charge on any atom is 0.269 e. The largest absolute Gasteiger partial charge is 0.359 e. The first-order valence-electron chi connectivity index (χ1n) is 8.08. The first-order chi connectivity index (χ1) is 12.1. The summed E-state index contributed by atoms with van der Waals surface area (Å²) in [4.78, 5) is 26.0. The summed E-state index contributed by atoms with van der Waals surface area (Å²) in [5.41, 5.74) is 0.341. The van der Waals surface area contributed by atoms with Crippen LogP contribution in [0.2, 0.25) is 0 Å². The first-order valence-corrected chi connectivity index (χ1v) is 8.08. The maximum absolute atomic E-state index is 12.3. The number of amides is 2. The van der Waals surface area contributed by atoms with E-state index in [4.69, 9.17) is 0 Å². The Labute approximate surface area is 144 Å². The molecule has 3 heterocycles. The molecule has 11 nitrogen and oxygen atoms in total. The van der Waals surface area contributed by atoms with Crippen LogP contribution in [0.4, 0.5) is 0 Å². The number of aromatic amines is 1. The van der Waals surface area contributed by atoms with Gasteiger partial charge in [0.15, 0.2) is 5.82 Å². The predicted octanol–water partition coefficient (Wildman–Crippen LogP) is -1.29. The van der Waals surface area contributed by atoms with E-state index in [0.717, 1.165) is 12.8 Å². The van der Waals surface area contributed by atoms with Crippen molar-refractivity contribution >= 4 is 11.8 Å². The minimum Gasteiger partial charge on any atom is -0.359 e. The number of carbonyl (C=O) groups excluding carboxylic acids is 2. The lowest BCUT2D eigenvalue weighted by Gasteiger charge is -2.25. The van der Waals surface area contributed by atoms with E-state index in [1.165, 1.54) is 11.0 Å². The standard InChI is InChI=1S/C14H21N9O2/c1-15-13(24)5-9-3-4-10(22(9)2)7-16-14(25)11-6-12(19-18-11)23-8-17-20-21-23/h6,8-10H,3-5,7H2,1-2H3,(H,15,24)(H,16,25)(H,18,19)/t9-,10+/m1/s1. The van der Waals surface area contributed by atoms with Crippen LogP contribution in [0.15, 0.2) is 12.4 Å². The highest BCUT2D eigenvalue weighted by Crippen LogP contribution is 2.24. The Morgan fingerprint density at radius 3 is 2.88 bits per heavy atom. The van der Waals surface area contributed by atoms with Gasteiger partial charge in [-0.25, -0.2) is 0 Å². The summed E-state index contributed by atoms with van der Waals surface area (Å²) >= 11 is 0. The van der Waals surface area contributed by atoms with Gasteiger partial charge in [-0.2, -0.15) is 9.78 Å². The Hall–Kier alpha value is -2.82. The van der Waals surface area contributed by atoms with Crippen LogP contribution in [-0.2, 0) is 4.79 Å². The van der Waals surface area contributed by atoms with Gasteiger partial charge < -0.3 is 10.6 Å². The van der Waals surface area contributed by atoms with Crippen molar-refractivity contribution in [2.45, 2.75) is 31.3 Å². The lowest BCUT2D eigenvalue weighted by atomic mass is 10.1. The van der Waals surface area contributed by atoms with Gasteiger partial charge in [0, 0.05) is 38.2 Å². The second-order valence-electron chi connectivity index (χ2n) is 6.03. The van der Waals surface area contributed by atoms with Crippen LogP contribution < -0.4 is 10.6 Å². The van der Waals surface area contributed by atoms with E-state index in [1.807, 2.05) is 7.05 Å². The fourth-order valence-corrected chi connectivity index (χ4v) is 3.02. The van der Waals surface area contributed by atoms with Crippen molar-refractivity contribution in [3.8, 4) is 5.82 Å². The molecule has 1 saturated heterocycles. The molecule has 0 spiro atoms. The number of tetrazole rings is 1. The second-order valence-corrected chi connectivity index (χ2v) is 6.03. The summed E-state index contributed by atoms with van der Waals surface area (Å²) in [6.45, 7) is 0.513. The Balaban J connectivity index is 1.52. The molecule has 0 saturated carbocycles.